The van der Waals surface area contributed by atoms with Crippen LogP contribution >= 0.6 is 11.3 Å². The van der Waals surface area contributed by atoms with Gasteiger partial charge < -0.3 is 9.53 Å². The smallest absolute Gasteiger partial charge is 0.213 e. The highest BCUT2D eigenvalue weighted by molar-refractivity contribution is 7.15. The number of fused-ring (bicyclic) bond motifs is 3. The molecule has 1 aliphatic carbocycles. The first kappa shape index (κ1) is 23.7. The molecular formula is C29H29N5O2S. The fraction of sp³-hybridized carbons (Fsp3) is 0.345. The lowest BCUT2D eigenvalue weighted by Crippen LogP contribution is -2.32. The van der Waals surface area contributed by atoms with Crippen molar-refractivity contribution in [2.45, 2.75) is 59.1 Å². The molecule has 0 amide bonds. The molecule has 0 N–H and O–H groups in total. The average Bonchev–Trinajstić information content (AvgIpc) is 3.36. The summed E-state index contributed by atoms with van der Waals surface area (Å²) in [7, 11) is 0. The zero-order valence-corrected chi connectivity index (χ0v) is 22.2. The molecule has 3 aromatic heterocycles. The number of thiophene rings is 1. The van der Waals surface area contributed by atoms with Crippen LogP contribution in [0, 0.1) is 26.7 Å². The van der Waals surface area contributed by atoms with Gasteiger partial charge in [0, 0.05) is 40.3 Å². The lowest BCUT2D eigenvalue weighted by Gasteiger charge is -2.32. The van der Waals surface area contributed by atoms with Crippen LogP contribution in [-0.2, 0) is 4.79 Å². The number of carbonyl (C=O) groups excluding carboxylic acids is 1. The fourth-order valence-electron chi connectivity index (χ4n) is 5.17. The van der Waals surface area contributed by atoms with Gasteiger partial charge in [-0.25, -0.2) is 4.98 Å². The van der Waals surface area contributed by atoms with Crippen LogP contribution in [0.25, 0.3) is 16.1 Å². The zero-order chi connectivity index (χ0) is 25.7. The molecule has 6 rings (SSSR count). The van der Waals surface area contributed by atoms with Crippen LogP contribution in [0.4, 0.5) is 0 Å². The fourth-order valence-corrected chi connectivity index (χ4v) is 6.39. The number of aryl methyl sites for hydroxylation is 2. The van der Waals surface area contributed by atoms with Crippen LogP contribution in [0.2, 0.25) is 0 Å². The number of ether oxygens (including phenoxy) is 1. The third-order valence-electron chi connectivity index (χ3n) is 7.40. The summed E-state index contributed by atoms with van der Waals surface area (Å²) in [6.07, 6.45) is 5.53. The Morgan fingerprint density at radius 1 is 1.03 bits per heavy atom. The molecule has 1 saturated carbocycles. The summed E-state index contributed by atoms with van der Waals surface area (Å²) in [5, 5.41) is 9.78. The largest absolute Gasteiger partial charge is 0.474 e. The lowest BCUT2D eigenvalue weighted by molar-refractivity contribution is -0.108. The second-order valence-electron chi connectivity index (χ2n) is 10.1. The lowest BCUT2D eigenvalue weighted by atomic mass is 9.84. The Morgan fingerprint density at radius 2 is 1.76 bits per heavy atom. The van der Waals surface area contributed by atoms with Gasteiger partial charge in [0.25, 0.3) is 0 Å². The van der Waals surface area contributed by atoms with E-state index in [1.807, 2.05) is 19.2 Å². The van der Waals surface area contributed by atoms with Crippen molar-refractivity contribution < 1.29 is 9.53 Å². The first-order chi connectivity index (χ1) is 17.9. The number of pyridine rings is 1. The van der Waals surface area contributed by atoms with E-state index in [0.29, 0.717) is 17.8 Å². The van der Waals surface area contributed by atoms with E-state index in [9.17, 15) is 4.79 Å². The molecule has 4 aromatic rings. The minimum atomic E-state index is -0.386. The van der Waals surface area contributed by atoms with Crippen LogP contribution in [0.3, 0.4) is 0 Å². The molecule has 0 bridgehead atoms. The number of benzene rings is 1. The molecule has 37 heavy (non-hydrogen) atoms. The van der Waals surface area contributed by atoms with E-state index in [1.54, 1.807) is 11.3 Å². The number of carbonyl (C=O) groups is 1. The molecule has 7 nitrogen and oxygen atoms in total. The quantitative estimate of drug-likeness (QED) is 0.298. The predicted octanol–water partition coefficient (Wildman–Crippen LogP) is 5.97. The van der Waals surface area contributed by atoms with Crippen LogP contribution in [0.1, 0.15) is 65.4 Å². The van der Waals surface area contributed by atoms with E-state index >= 15 is 0 Å². The van der Waals surface area contributed by atoms with E-state index < -0.39 is 0 Å². The van der Waals surface area contributed by atoms with Crippen molar-refractivity contribution in [1.29, 1.82) is 0 Å². The van der Waals surface area contributed by atoms with E-state index in [1.165, 1.54) is 10.4 Å². The Kier molecular flexibility index (Phi) is 5.99. The molecule has 1 aliphatic heterocycles. The van der Waals surface area contributed by atoms with Crippen LogP contribution < -0.4 is 4.74 Å². The Labute approximate surface area is 220 Å². The Balaban J connectivity index is 1.35. The third kappa shape index (κ3) is 4.19. The summed E-state index contributed by atoms with van der Waals surface area (Å²) in [5.74, 6) is 2.94. The second kappa shape index (κ2) is 9.34. The van der Waals surface area contributed by atoms with Gasteiger partial charge in [0.1, 0.15) is 29.3 Å². The number of aliphatic imine (C=N–C) groups is 1. The number of nitrogens with zero attached hydrogens (tertiary/aromatic N) is 5. The highest BCUT2D eigenvalue weighted by atomic mass is 32.1. The summed E-state index contributed by atoms with van der Waals surface area (Å²) < 4.78 is 8.03. The number of hydrogen-bond donors (Lipinski definition) is 0. The van der Waals surface area contributed by atoms with Crippen molar-refractivity contribution in [2.75, 3.05) is 0 Å². The van der Waals surface area contributed by atoms with E-state index in [-0.39, 0.29) is 12.5 Å². The summed E-state index contributed by atoms with van der Waals surface area (Å²) >= 11 is 1.72. The maximum Gasteiger partial charge on any atom is 0.213 e. The zero-order valence-electron chi connectivity index (χ0n) is 21.4. The summed E-state index contributed by atoms with van der Waals surface area (Å²) in [4.78, 5) is 22.4. The molecule has 188 valence electrons. The Hall–Kier alpha value is -3.65. The topological polar surface area (TPSA) is 82.3 Å². The SMILES string of the molecule is Cc1sc2c(c1C)C(c1ccc(-c3ccc(OC4CC(C)C4)nc3)cc1)=NC(CC=O)c1nnc(C)n1-2. The van der Waals surface area contributed by atoms with Crippen molar-refractivity contribution in [1.82, 2.24) is 19.7 Å². The molecule has 4 heterocycles. The minimum Gasteiger partial charge on any atom is -0.474 e. The van der Waals surface area contributed by atoms with Gasteiger partial charge in [0.05, 0.1) is 5.71 Å². The first-order valence-electron chi connectivity index (χ1n) is 12.7. The van der Waals surface area contributed by atoms with Gasteiger partial charge in [-0.15, -0.1) is 21.5 Å². The van der Waals surface area contributed by atoms with Gasteiger partial charge in [0.2, 0.25) is 5.88 Å². The molecule has 1 aromatic carbocycles. The van der Waals surface area contributed by atoms with Gasteiger partial charge in [-0.2, -0.15) is 0 Å². The molecule has 0 spiro atoms. The van der Waals surface area contributed by atoms with E-state index in [4.69, 9.17) is 9.73 Å². The maximum absolute atomic E-state index is 11.6. The van der Waals surface area contributed by atoms with E-state index in [0.717, 1.165) is 63.8 Å². The summed E-state index contributed by atoms with van der Waals surface area (Å²) in [6.45, 7) is 8.45. The Bertz CT molecular complexity index is 1490. The first-order valence-corrected chi connectivity index (χ1v) is 13.5. The normalized spacial score (nSPS) is 20.3. The van der Waals surface area contributed by atoms with Crippen LogP contribution in [0.5, 0.6) is 5.88 Å². The number of hydrogen-bond acceptors (Lipinski definition) is 7. The number of rotatable bonds is 6. The van der Waals surface area contributed by atoms with Crippen molar-refractivity contribution in [3.8, 4) is 22.0 Å². The minimum absolute atomic E-state index is 0.256. The maximum atomic E-state index is 11.6. The highest BCUT2D eigenvalue weighted by Crippen LogP contribution is 2.39. The van der Waals surface area contributed by atoms with Gasteiger partial charge in [0.15, 0.2) is 5.82 Å². The number of aldehydes is 1. The summed E-state index contributed by atoms with van der Waals surface area (Å²) in [5.41, 5.74) is 6.27. The van der Waals surface area contributed by atoms with Crippen molar-refractivity contribution in [3.63, 3.8) is 0 Å². The van der Waals surface area contributed by atoms with Crippen molar-refractivity contribution >= 4 is 23.3 Å². The molecule has 2 aliphatic rings. The molecular weight excluding hydrogens is 482 g/mol. The van der Waals surface area contributed by atoms with E-state index in [2.05, 4.69) is 70.9 Å². The summed E-state index contributed by atoms with van der Waals surface area (Å²) in [6, 6.07) is 12.0. The average molecular weight is 512 g/mol. The Morgan fingerprint density at radius 3 is 2.43 bits per heavy atom. The molecule has 1 fully saturated rings. The third-order valence-corrected chi connectivity index (χ3v) is 8.60. The standard InChI is InChI=1S/C29H29N5O2S/c1-16-13-23(14-16)36-25-10-9-22(15-30-25)20-5-7-21(8-6-20)27-26-17(2)18(3)37-29(26)34-19(4)32-33-28(34)24(31-27)11-12-35/h5-10,12,15-16,23-24H,11,13-14H2,1-4H3. The van der Waals surface area contributed by atoms with Crippen LogP contribution in [-0.4, -0.2) is 37.9 Å². The molecule has 1 unspecified atom stereocenters. The molecule has 0 radical (unpaired) electrons. The monoisotopic (exact) mass is 511 g/mol. The van der Waals surface area contributed by atoms with Gasteiger partial charge >= 0.3 is 0 Å². The molecule has 1 atom stereocenters. The van der Waals surface area contributed by atoms with Gasteiger partial charge in [-0.1, -0.05) is 31.2 Å². The highest BCUT2D eigenvalue weighted by Gasteiger charge is 2.31. The van der Waals surface area contributed by atoms with Crippen molar-refractivity contribution in [2.24, 2.45) is 10.9 Å². The predicted molar refractivity (Wildman–Crippen MR) is 145 cm³/mol. The number of aromatic nitrogens is 4. The van der Waals surface area contributed by atoms with Crippen LogP contribution in [0.15, 0.2) is 47.6 Å². The van der Waals surface area contributed by atoms with Gasteiger partial charge in [-0.3, -0.25) is 9.56 Å². The molecule has 8 heteroatoms. The van der Waals surface area contributed by atoms with Gasteiger partial charge in [-0.05, 0) is 56.7 Å². The molecule has 0 saturated heterocycles. The van der Waals surface area contributed by atoms with Crippen molar-refractivity contribution in [3.05, 3.63) is 75.8 Å². The second-order valence-corrected chi connectivity index (χ2v) is 11.3.